The highest BCUT2D eigenvalue weighted by molar-refractivity contribution is 7.90. The number of thiophene rings is 1. The molecule has 0 aliphatic heterocycles. The first-order chi connectivity index (χ1) is 12.6. The molecule has 1 heterocycles. The quantitative estimate of drug-likeness (QED) is 0.736. The van der Waals surface area contributed by atoms with E-state index in [4.69, 9.17) is 0 Å². The Hall–Kier alpha value is -2.19. The Labute approximate surface area is 164 Å². The molecule has 1 aromatic heterocycles. The normalized spacial score (nSPS) is 11.8. The van der Waals surface area contributed by atoms with Crippen LogP contribution >= 0.6 is 11.3 Å². The molecule has 0 atom stereocenters. The molecular formula is C19H24N2O4S2. The predicted molar refractivity (Wildman–Crippen MR) is 107 cm³/mol. The molecule has 2 N–H and O–H groups in total. The molecule has 0 saturated heterocycles. The molecule has 2 aromatic rings. The van der Waals surface area contributed by atoms with Crippen molar-refractivity contribution >= 4 is 33.2 Å². The van der Waals surface area contributed by atoms with Gasteiger partial charge in [-0.15, -0.1) is 11.3 Å². The van der Waals surface area contributed by atoms with Gasteiger partial charge in [0.1, 0.15) is 0 Å². The number of amides is 2. The van der Waals surface area contributed by atoms with Gasteiger partial charge in [-0.05, 0) is 41.0 Å². The average molecular weight is 409 g/mol. The van der Waals surface area contributed by atoms with Crippen LogP contribution in [-0.2, 0) is 16.6 Å². The molecular weight excluding hydrogens is 384 g/mol. The van der Waals surface area contributed by atoms with E-state index in [1.165, 1.54) is 11.3 Å². The van der Waals surface area contributed by atoms with Crippen LogP contribution in [-0.4, -0.2) is 26.0 Å². The number of carbonyl (C=O) groups excluding carboxylic acids is 2. The summed E-state index contributed by atoms with van der Waals surface area (Å²) in [4.78, 5) is 24.7. The number of rotatable bonds is 7. The topological polar surface area (TPSA) is 92.3 Å². The van der Waals surface area contributed by atoms with Gasteiger partial charge in [0.15, 0.2) is 0 Å². The number of sulfonamides is 1. The van der Waals surface area contributed by atoms with E-state index in [9.17, 15) is 18.0 Å². The van der Waals surface area contributed by atoms with E-state index >= 15 is 0 Å². The van der Waals surface area contributed by atoms with Crippen LogP contribution < -0.4 is 10.0 Å². The molecule has 0 bridgehead atoms. The Kier molecular flexibility index (Phi) is 6.78. The van der Waals surface area contributed by atoms with Crippen molar-refractivity contribution in [3.05, 3.63) is 57.8 Å². The Morgan fingerprint density at radius 3 is 2.26 bits per heavy atom. The highest BCUT2D eigenvalue weighted by Gasteiger charge is 2.20. The molecule has 8 heteroatoms. The molecule has 0 aliphatic rings. The van der Waals surface area contributed by atoms with Gasteiger partial charge in [-0.25, -0.2) is 13.1 Å². The summed E-state index contributed by atoms with van der Waals surface area (Å²) >= 11 is 1.36. The van der Waals surface area contributed by atoms with Crippen LogP contribution in [0.5, 0.6) is 0 Å². The molecule has 146 valence electrons. The van der Waals surface area contributed by atoms with E-state index < -0.39 is 15.9 Å². The molecule has 2 rings (SSSR count). The van der Waals surface area contributed by atoms with Crippen LogP contribution in [0.1, 0.15) is 52.8 Å². The predicted octanol–water partition coefficient (Wildman–Crippen LogP) is 3.17. The van der Waals surface area contributed by atoms with Crippen molar-refractivity contribution in [2.75, 3.05) is 5.75 Å². The molecule has 0 fully saturated rings. The summed E-state index contributed by atoms with van der Waals surface area (Å²) in [5.74, 6) is -0.912. The van der Waals surface area contributed by atoms with E-state index in [1.807, 2.05) is 32.2 Å². The molecule has 0 saturated carbocycles. The SMILES string of the molecule is CC(C)(C)CCS(=O)(=O)NC(=O)c1ccc(CNC(=O)c2cccs2)cc1. The van der Waals surface area contributed by atoms with Crippen LogP contribution in [0.4, 0.5) is 0 Å². The number of carbonyl (C=O) groups is 2. The fraction of sp³-hybridized carbons (Fsp3) is 0.368. The van der Waals surface area contributed by atoms with Gasteiger partial charge in [0, 0.05) is 12.1 Å². The van der Waals surface area contributed by atoms with Gasteiger partial charge in [-0.3, -0.25) is 9.59 Å². The molecule has 0 spiro atoms. The zero-order valence-corrected chi connectivity index (χ0v) is 17.2. The van der Waals surface area contributed by atoms with E-state index in [2.05, 4.69) is 10.0 Å². The number of nitrogens with one attached hydrogen (secondary N) is 2. The smallest absolute Gasteiger partial charge is 0.264 e. The summed E-state index contributed by atoms with van der Waals surface area (Å²) in [6.45, 7) is 6.16. The molecule has 0 unspecified atom stereocenters. The van der Waals surface area contributed by atoms with Gasteiger partial charge < -0.3 is 5.32 Å². The molecule has 27 heavy (non-hydrogen) atoms. The van der Waals surface area contributed by atoms with E-state index in [0.29, 0.717) is 17.8 Å². The third-order valence-electron chi connectivity index (χ3n) is 3.78. The van der Waals surface area contributed by atoms with Gasteiger partial charge in [-0.2, -0.15) is 0 Å². The summed E-state index contributed by atoms with van der Waals surface area (Å²) in [6.07, 6.45) is 0.457. The van der Waals surface area contributed by atoms with Gasteiger partial charge >= 0.3 is 0 Å². The maximum atomic E-state index is 12.2. The monoisotopic (exact) mass is 408 g/mol. The average Bonchev–Trinajstić information content (AvgIpc) is 3.12. The fourth-order valence-corrected chi connectivity index (χ4v) is 4.17. The molecule has 1 aromatic carbocycles. The van der Waals surface area contributed by atoms with Crippen molar-refractivity contribution in [1.82, 2.24) is 10.0 Å². The zero-order chi connectivity index (χ0) is 20.1. The largest absolute Gasteiger partial charge is 0.347 e. The van der Waals surface area contributed by atoms with Crippen molar-refractivity contribution in [1.29, 1.82) is 0 Å². The van der Waals surface area contributed by atoms with Gasteiger partial charge in [0.25, 0.3) is 11.8 Å². The lowest BCUT2D eigenvalue weighted by molar-refractivity contribution is 0.0952. The highest BCUT2D eigenvalue weighted by Crippen LogP contribution is 2.19. The Bertz CT molecular complexity index is 881. The fourth-order valence-electron chi connectivity index (χ4n) is 2.14. The summed E-state index contributed by atoms with van der Waals surface area (Å²) in [5, 5.41) is 4.63. The first kappa shape index (κ1) is 21.1. The summed E-state index contributed by atoms with van der Waals surface area (Å²) < 4.78 is 26.2. The molecule has 0 radical (unpaired) electrons. The van der Waals surface area contributed by atoms with Gasteiger partial charge in [0.05, 0.1) is 10.6 Å². The first-order valence-corrected chi connectivity index (χ1v) is 11.0. The number of hydrogen-bond acceptors (Lipinski definition) is 5. The maximum Gasteiger partial charge on any atom is 0.264 e. The minimum Gasteiger partial charge on any atom is -0.347 e. The molecule has 0 aliphatic carbocycles. The lowest BCUT2D eigenvalue weighted by Crippen LogP contribution is -2.33. The third-order valence-corrected chi connectivity index (χ3v) is 5.89. The van der Waals surface area contributed by atoms with E-state index in [1.54, 1.807) is 30.3 Å². The summed E-state index contributed by atoms with van der Waals surface area (Å²) in [7, 11) is -3.67. The second-order valence-electron chi connectivity index (χ2n) is 7.42. The van der Waals surface area contributed by atoms with E-state index in [0.717, 1.165) is 5.56 Å². The highest BCUT2D eigenvalue weighted by atomic mass is 32.2. The second-order valence-corrected chi connectivity index (χ2v) is 10.2. The van der Waals surface area contributed by atoms with Crippen molar-refractivity contribution in [2.24, 2.45) is 5.41 Å². The van der Waals surface area contributed by atoms with Gasteiger partial charge in [0.2, 0.25) is 10.0 Å². The number of benzene rings is 1. The number of hydrogen-bond donors (Lipinski definition) is 2. The maximum absolute atomic E-state index is 12.2. The minimum atomic E-state index is -3.67. The van der Waals surface area contributed by atoms with Crippen LogP contribution in [0, 0.1) is 5.41 Å². The third kappa shape index (κ3) is 7.15. The first-order valence-electron chi connectivity index (χ1n) is 8.51. The van der Waals surface area contributed by atoms with Crippen molar-refractivity contribution in [2.45, 2.75) is 33.7 Å². The summed E-state index contributed by atoms with van der Waals surface area (Å²) in [5.41, 5.74) is 0.933. The van der Waals surface area contributed by atoms with Gasteiger partial charge in [-0.1, -0.05) is 39.0 Å². The van der Waals surface area contributed by atoms with Crippen molar-refractivity contribution in [3.8, 4) is 0 Å². The standard InChI is InChI=1S/C19H24N2O4S2/c1-19(2,3)10-12-27(24,25)21-17(22)15-8-6-14(7-9-15)13-20-18(23)16-5-4-11-26-16/h4-9,11H,10,12-13H2,1-3H3,(H,20,23)(H,21,22). The van der Waals surface area contributed by atoms with Crippen LogP contribution in [0.25, 0.3) is 0 Å². The van der Waals surface area contributed by atoms with Crippen molar-refractivity contribution in [3.63, 3.8) is 0 Å². The molecule has 2 amide bonds. The Morgan fingerprint density at radius 1 is 1.04 bits per heavy atom. The van der Waals surface area contributed by atoms with Crippen LogP contribution in [0.2, 0.25) is 0 Å². The van der Waals surface area contributed by atoms with Crippen LogP contribution in [0.15, 0.2) is 41.8 Å². The van der Waals surface area contributed by atoms with E-state index in [-0.39, 0.29) is 22.6 Å². The zero-order valence-electron chi connectivity index (χ0n) is 15.6. The minimum absolute atomic E-state index is 0.102. The molecule has 6 nitrogen and oxygen atoms in total. The second kappa shape index (κ2) is 8.67. The Balaban J connectivity index is 1.90. The lowest BCUT2D eigenvalue weighted by atomic mass is 9.94. The van der Waals surface area contributed by atoms with Crippen molar-refractivity contribution < 1.29 is 18.0 Å². The Morgan fingerprint density at radius 2 is 1.70 bits per heavy atom. The summed E-state index contributed by atoms with van der Waals surface area (Å²) in [6, 6.07) is 10.0. The lowest BCUT2D eigenvalue weighted by Gasteiger charge is -2.17. The van der Waals surface area contributed by atoms with Crippen LogP contribution in [0.3, 0.4) is 0 Å².